The van der Waals surface area contributed by atoms with Crippen LogP contribution in [0.2, 0.25) is 5.15 Å². The van der Waals surface area contributed by atoms with Crippen molar-refractivity contribution in [3.63, 3.8) is 0 Å². The average Bonchev–Trinajstić information content (AvgIpc) is 2.69. The minimum Gasteiger partial charge on any atom is -0.383 e. The number of halogens is 1. The lowest BCUT2D eigenvalue weighted by Crippen LogP contribution is -2.21. The summed E-state index contributed by atoms with van der Waals surface area (Å²) < 4.78 is 0. The molecular weight excluding hydrogens is 216 g/mol. The van der Waals surface area contributed by atoms with E-state index in [9.17, 15) is 4.79 Å². The van der Waals surface area contributed by atoms with Gasteiger partial charge in [-0.15, -0.1) is 0 Å². The van der Waals surface area contributed by atoms with Crippen molar-refractivity contribution in [2.24, 2.45) is 0 Å². The summed E-state index contributed by atoms with van der Waals surface area (Å²) in [6.45, 7) is 1.83. The maximum absolute atomic E-state index is 10.6. The maximum atomic E-state index is 10.6. The Morgan fingerprint density at radius 3 is 2.53 bits per heavy atom. The molecule has 0 atom stereocenters. The number of hydrogen-bond acceptors (Lipinski definition) is 5. The molecule has 0 amide bonds. The quantitative estimate of drug-likeness (QED) is 0.605. The molecule has 0 aromatic carbocycles. The van der Waals surface area contributed by atoms with Gasteiger partial charge in [0.2, 0.25) is 5.95 Å². The predicted molar refractivity (Wildman–Crippen MR) is 58.3 cm³/mol. The summed E-state index contributed by atoms with van der Waals surface area (Å²) in [5, 5.41) is 0.124. The molecule has 0 unspecified atom stereocenters. The highest BCUT2D eigenvalue weighted by Crippen LogP contribution is 2.22. The van der Waals surface area contributed by atoms with Gasteiger partial charge in [-0.25, -0.2) is 4.98 Å². The van der Waals surface area contributed by atoms with Crippen LogP contribution in [0.4, 0.5) is 11.8 Å². The van der Waals surface area contributed by atoms with E-state index in [0.29, 0.717) is 12.2 Å². The van der Waals surface area contributed by atoms with E-state index in [4.69, 9.17) is 17.3 Å². The van der Waals surface area contributed by atoms with Crippen molar-refractivity contribution < 1.29 is 4.79 Å². The van der Waals surface area contributed by atoms with E-state index in [-0.39, 0.29) is 16.5 Å². The van der Waals surface area contributed by atoms with Crippen LogP contribution in [0.1, 0.15) is 23.2 Å². The van der Waals surface area contributed by atoms with E-state index in [2.05, 4.69) is 9.97 Å². The van der Waals surface area contributed by atoms with Crippen molar-refractivity contribution in [2.75, 3.05) is 23.7 Å². The second-order valence-electron chi connectivity index (χ2n) is 3.43. The van der Waals surface area contributed by atoms with Crippen LogP contribution in [0.5, 0.6) is 0 Å². The summed E-state index contributed by atoms with van der Waals surface area (Å²) in [5.74, 6) is 0.660. The Balaban J connectivity index is 2.37. The van der Waals surface area contributed by atoms with Crippen molar-refractivity contribution in [1.29, 1.82) is 0 Å². The fourth-order valence-corrected chi connectivity index (χ4v) is 1.83. The first-order valence-electron chi connectivity index (χ1n) is 4.75. The molecule has 1 fully saturated rings. The van der Waals surface area contributed by atoms with Crippen LogP contribution < -0.4 is 10.6 Å². The standard InChI is InChI=1S/C9H11ClN4O/c10-7-6(5-15)8(11)13-9(12-7)14-3-1-2-4-14/h5H,1-4H2,(H2,11,12,13). The van der Waals surface area contributed by atoms with Crippen LogP contribution >= 0.6 is 11.6 Å². The van der Waals surface area contributed by atoms with Crippen LogP contribution in [0.25, 0.3) is 0 Å². The van der Waals surface area contributed by atoms with Crippen LogP contribution in [0.15, 0.2) is 0 Å². The first-order valence-corrected chi connectivity index (χ1v) is 5.13. The second kappa shape index (κ2) is 4.02. The van der Waals surface area contributed by atoms with Gasteiger partial charge in [-0.1, -0.05) is 11.6 Å². The maximum Gasteiger partial charge on any atom is 0.228 e. The number of carbonyl (C=O) groups is 1. The third kappa shape index (κ3) is 1.87. The molecule has 1 saturated heterocycles. The first kappa shape index (κ1) is 10.2. The van der Waals surface area contributed by atoms with E-state index in [1.54, 1.807) is 0 Å². The molecule has 0 spiro atoms. The molecule has 0 radical (unpaired) electrons. The van der Waals surface area contributed by atoms with Crippen molar-refractivity contribution in [2.45, 2.75) is 12.8 Å². The zero-order valence-electron chi connectivity index (χ0n) is 8.11. The molecule has 2 N–H and O–H groups in total. The van der Waals surface area contributed by atoms with E-state index in [0.717, 1.165) is 25.9 Å². The van der Waals surface area contributed by atoms with E-state index in [1.807, 2.05) is 4.90 Å². The minimum absolute atomic E-state index is 0.124. The van der Waals surface area contributed by atoms with Gasteiger partial charge in [0.1, 0.15) is 11.0 Å². The smallest absolute Gasteiger partial charge is 0.228 e. The number of anilines is 2. The Hall–Kier alpha value is -1.36. The number of rotatable bonds is 2. The number of nitrogen functional groups attached to an aromatic ring is 1. The van der Waals surface area contributed by atoms with Crippen molar-refractivity contribution in [3.05, 3.63) is 10.7 Å². The summed E-state index contributed by atoms with van der Waals surface area (Å²) in [5.41, 5.74) is 5.77. The van der Waals surface area contributed by atoms with Gasteiger partial charge in [0.15, 0.2) is 6.29 Å². The molecule has 6 heteroatoms. The Kier molecular flexibility index (Phi) is 2.73. The number of aromatic nitrogens is 2. The van der Waals surface area contributed by atoms with Gasteiger partial charge < -0.3 is 10.6 Å². The Bertz CT molecular complexity index is 367. The van der Waals surface area contributed by atoms with Crippen molar-refractivity contribution in [1.82, 2.24) is 9.97 Å². The zero-order chi connectivity index (χ0) is 10.8. The number of hydrogen-bond donors (Lipinski definition) is 1. The fourth-order valence-electron chi connectivity index (χ4n) is 1.61. The Morgan fingerprint density at radius 1 is 1.33 bits per heavy atom. The highest BCUT2D eigenvalue weighted by Gasteiger charge is 2.18. The lowest BCUT2D eigenvalue weighted by atomic mass is 10.3. The molecule has 15 heavy (non-hydrogen) atoms. The van der Waals surface area contributed by atoms with E-state index < -0.39 is 0 Å². The zero-order valence-corrected chi connectivity index (χ0v) is 8.87. The lowest BCUT2D eigenvalue weighted by Gasteiger charge is -2.15. The van der Waals surface area contributed by atoms with Gasteiger partial charge in [0.25, 0.3) is 0 Å². The van der Waals surface area contributed by atoms with Crippen molar-refractivity contribution >= 4 is 29.7 Å². The number of carbonyl (C=O) groups excluding carboxylic acids is 1. The Labute approximate surface area is 92.3 Å². The van der Waals surface area contributed by atoms with Crippen LogP contribution in [0.3, 0.4) is 0 Å². The molecule has 80 valence electrons. The largest absolute Gasteiger partial charge is 0.383 e. The van der Waals surface area contributed by atoms with Gasteiger partial charge in [-0.05, 0) is 12.8 Å². The van der Waals surface area contributed by atoms with Gasteiger partial charge in [-0.2, -0.15) is 4.98 Å². The molecule has 5 nitrogen and oxygen atoms in total. The predicted octanol–water partition coefficient (Wildman–Crippen LogP) is 1.12. The van der Waals surface area contributed by atoms with Gasteiger partial charge in [0, 0.05) is 13.1 Å². The molecule has 1 aromatic rings. The third-order valence-corrected chi connectivity index (χ3v) is 2.71. The number of aldehydes is 1. The van der Waals surface area contributed by atoms with E-state index in [1.165, 1.54) is 0 Å². The van der Waals surface area contributed by atoms with Crippen LogP contribution in [-0.4, -0.2) is 29.3 Å². The van der Waals surface area contributed by atoms with Gasteiger partial charge in [-0.3, -0.25) is 4.79 Å². The third-order valence-electron chi connectivity index (χ3n) is 2.42. The Morgan fingerprint density at radius 2 is 2.00 bits per heavy atom. The lowest BCUT2D eigenvalue weighted by molar-refractivity contribution is 0.112. The monoisotopic (exact) mass is 226 g/mol. The summed E-state index contributed by atoms with van der Waals surface area (Å²) in [6, 6.07) is 0. The normalized spacial score (nSPS) is 15.7. The molecule has 2 heterocycles. The molecule has 1 aliphatic heterocycles. The van der Waals surface area contributed by atoms with Gasteiger partial charge >= 0.3 is 0 Å². The number of nitrogens with zero attached hydrogens (tertiary/aromatic N) is 3. The molecular formula is C9H11ClN4O. The summed E-state index contributed by atoms with van der Waals surface area (Å²) >= 11 is 5.82. The average molecular weight is 227 g/mol. The molecule has 0 aliphatic carbocycles. The molecule has 1 aliphatic rings. The molecule has 2 rings (SSSR count). The number of nitrogens with two attached hydrogens (primary N) is 1. The topological polar surface area (TPSA) is 72.1 Å². The fraction of sp³-hybridized carbons (Fsp3) is 0.444. The summed E-state index contributed by atoms with van der Waals surface area (Å²) in [4.78, 5) is 20.8. The van der Waals surface area contributed by atoms with Crippen molar-refractivity contribution in [3.8, 4) is 0 Å². The molecule has 1 aromatic heterocycles. The second-order valence-corrected chi connectivity index (χ2v) is 3.78. The molecule has 0 saturated carbocycles. The summed E-state index contributed by atoms with van der Waals surface area (Å²) in [7, 11) is 0. The highest BCUT2D eigenvalue weighted by atomic mass is 35.5. The van der Waals surface area contributed by atoms with E-state index >= 15 is 0 Å². The van der Waals surface area contributed by atoms with Gasteiger partial charge in [0.05, 0.1) is 5.56 Å². The first-order chi connectivity index (χ1) is 7.22. The van der Waals surface area contributed by atoms with Crippen LogP contribution in [0, 0.1) is 0 Å². The SMILES string of the molecule is Nc1nc(N2CCCC2)nc(Cl)c1C=O. The minimum atomic E-state index is 0.124. The summed E-state index contributed by atoms with van der Waals surface area (Å²) in [6.07, 6.45) is 2.82. The molecule has 0 bridgehead atoms. The van der Waals surface area contributed by atoms with Crippen LogP contribution in [-0.2, 0) is 0 Å². The highest BCUT2D eigenvalue weighted by molar-refractivity contribution is 6.32.